The number of ether oxygens (including phenoxy) is 2. The zero-order valence-corrected chi connectivity index (χ0v) is 22.5. The van der Waals surface area contributed by atoms with Gasteiger partial charge in [-0.1, -0.05) is 30.3 Å². The van der Waals surface area contributed by atoms with Gasteiger partial charge in [0.15, 0.2) is 11.5 Å². The van der Waals surface area contributed by atoms with Crippen molar-refractivity contribution in [2.24, 2.45) is 5.73 Å². The molecule has 2 aromatic heterocycles. The van der Waals surface area contributed by atoms with Gasteiger partial charge in [0.25, 0.3) is 5.91 Å². The second kappa shape index (κ2) is 15.5. The number of aryl methyl sites for hydroxylation is 2. The van der Waals surface area contributed by atoms with Gasteiger partial charge in [-0.2, -0.15) is 0 Å². The van der Waals surface area contributed by atoms with Crippen LogP contribution in [0.3, 0.4) is 0 Å². The smallest absolute Gasteiger partial charge is 0.251 e. The molecule has 1 amide bonds. The number of amides is 1. The molecule has 3 rings (SSSR count). The molecule has 9 nitrogen and oxygen atoms in total. The van der Waals surface area contributed by atoms with E-state index in [2.05, 4.69) is 27.2 Å². The summed E-state index contributed by atoms with van der Waals surface area (Å²) < 4.78 is 12.2. The lowest BCUT2D eigenvalue weighted by Crippen LogP contribution is -2.28. The van der Waals surface area contributed by atoms with Crippen molar-refractivity contribution in [3.05, 3.63) is 89.2 Å². The van der Waals surface area contributed by atoms with Gasteiger partial charge in [0.2, 0.25) is 0 Å². The van der Waals surface area contributed by atoms with Gasteiger partial charge in [-0.15, -0.1) is 0 Å². The minimum absolute atomic E-state index is 0.125. The van der Waals surface area contributed by atoms with Crippen molar-refractivity contribution in [1.82, 2.24) is 19.7 Å². The lowest BCUT2D eigenvalue weighted by molar-refractivity contribution is 0.0919. The molecule has 0 saturated carbocycles. The number of methoxy groups -OCH3 is 1. The number of imidazole rings is 1. The Balaban J connectivity index is 0.000000410. The summed E-state index contributed by atoms with van der Waals surface area (Å²) in [6.45, 7) is 11.1. The molecule has 0 aliphatic rings. The number of rotatable bonds is 11. The molecule has 10 heteroatoms. The Labute approximate surface area is 223 Å². The van der Waals surface area contributed by atoms with E-state index in [9.17, 15) is 4.79 Å². The van der Waals surface area contributed by atoms with Gasteiger partial charge in [-0.05, 0) is 50.6 Å². The van der Waals surface area contributed by atoms with Crippen molar-refractivity contribution in [2.45, 2.75) is 20.8 Å². The Morgan fingerprint density at radius 1 is 1.27 bits per heavy atom. The summed E-state index contributed by atoms with van der Waals surface area (Å²) in [5, 5.41) is 6.72. The fraction of sp³-hybridized carbons (Fsp3) is 0.296. The Morgan fingerprint density at radius 2 is 2.05 bits per heavy atom. The van der Waals surface area contributed by atoms with Gasteiger partial charge in [0.05, 0.1) is 25.4 Å². The average molecular weight is 527 g/mol. The number of nitrogens with two attached hydrogens (primary N) is 1. The summed E-state index contributed by atoms with van der Waals surface area (Å²) in [5.41, 5.74) is 9.49. The molecule has 0 aliphatic heterocycles. The molecule has 0 aliphatic carbocycles. The molecule has 37 heavy (non-hydrogen) atoms. The van der Waals surface area contributed by atoms with Crippen LogP contribution in [-0.2, 0) is 9.47 Å². The zero-order chi connectivity index (χ0) is 27.2. The molecular formula is C27H35ClN6O3. The number of carbonyl (C=O) groups is 1. The molecule has 0 bridgehead atoms. The fourth-order valence-electron chi connectivity index (χ4n) is 3.27. The quantitative estimate of drug-likeness (QED) is 0.189. The van der Waals surface area contributed by atoms with Gasteiger partial charge in [-0.3, -0.25) is 9.20 Å². The summed E-state index contributed by atoms with van der Waals surface area (Å²) >= 11 is 5.73. The highest BCUT2D eigenvalue weighted by Crippen LogP contribution is 2.22. The van der Waals surface area contributed by atoms with Crippen molar-refractivity contribution in [3.63, 3.8) is 0 Å². The second-order valence-electron chi connectivity index (χ2n) is 7.79. The molecule has 198 valence electrons. The number of nitrogens with zero attached hydrogens (tertiary/aromatic N) is 3. The van der Waals surface area contributed by atoms with Crippen LogP contribution in [0, 0.1) is 13.8 Å². The minimum atomic E-state index is -0.125. The van der Waals surface area contributed by atoms with Crippen molar-refractivity contribution in [2.75, 3.05) is 38.7 Å². The molecular weight excluding hydrogens is 492 g/mol. The molecule has 0 atom stereocenters. The number of aromatic nitrogens is 3. The maximum Gasteiger partial charge on any atom is 0.251 e. The summed E-state index contributed by atoms with van der Waals surface area (Å²) in [6, 6.07) is 5.57. The third kappa shape index (κ3) is 8.75. The first-order valence-corrected chi connectivity index (χ1v) is 12.1. The molecule has 1 aromatic carbocycles. The average Bonchev–Trinajstić information content (AvgIpc) is 3.28. The highest BCUT2D eigenvalue weighted by molar-refractivity contribution is 6.31. The number of hydrogen-bond acceptors (Lipinski definition) is 7. The van der Waals surface area contributed by atoms with E-state index in [-0.39, 0.29) is 5.91 Å². The van der Waals surface area contributed by atoms with E-state index in [0.717, 1.165) is 22.6 Å². The molecule has 0 fully saturated rings. The van der Waals surface area contributed by atoms with Crippen LogP contribution in [-0.4, -0.2) is 53.7 Å². The number of halogens is 1. The van der Waals surface area contributed by atoms with E-state index in [1.807, 2.05) is 43.5 Å². The maximum absolute atomic E-state index is 12.3. The highest BCUT2D eigenvalue weighted by atomic mass is 35.5. The van der Waals surface area contributed by atoms with E-state index >= 15 is 0 Å². The zero-order valence-electron chi connectivity index (χ0n) is 21.8. The van der Waals surface area contributed by atoms with Gasteiger partial charge in [0.1, 0.15) is 5.76 Å². The van der Waals surface area contributed by atoms with Gasteiger partial charge in [-0.25, -0.2) is 9.97 Å². The Morgan fingerprint density at radius 3 is 2.70 bits per heavy atom. The van der Waals surface area contributed by atoms with Crippen molar-refractivity contribution in [3.8, 4) is 0 Å². The van der Waals surface area contributed by atoms with Crippen LogP contribution < -0.4 is 16.4 Å². The lowest BCUT2D eigenvalue weighted by atomic mass is 10.1. The SMILES string of the molecule is C=C/C=C(OC)\C(Cl)=C/C.Cc1cc(Nc2nccn3c(C)cnc23)ccc1C(=O)NCCOCCN. The predicted octanol–water partition coefficient (Wildman–Crippen LogP) is 4.64. The summed E-state index contributed by atoms with van der Waals surface area (Å²) in [7, 11) is 1.57. The van der Waals surface area contributed by atoms with Crippen LogP contribution in [0.15, 0.2) is 72.4 Å². The third-order valence-corrected chi connectivity index (χ3v) is 5.52. The van der Waals surface area contributed by atoms with E-state index in [1.54, 1.807) is 43.8 Å². The van der Waals surface area contributed by atoms with Gasteiger partial charge >= 0.3 is 0 Å². The van der Waals surface area contributed by atoms with E-state index in [0.29, 0.717) is 48.5 Å². The topological polar surface area (TPSA) is 116 Å². The summed E-state index contributed by atoms with van der Waals surface area (Å²) in [6.07, 6.45) is 10.5. The first kappa shape index (κ1) is 29.6. The number of benzene rings is 1. The van der Waals surface area contributed by atoms with Crippen molar-refractivity contribution in [1.29, 1.82) is 0 Å². The van der Waals surface area contributed by atoms with Crippen molar-refractivity contribution >= 4 is 34.7 Å². The molecule has 0 saturated heterocycles. The summed E-state index contributed by atoms with van der Waals surface area (Å²) in [4.78, 5) is 21.1. The minimum Gasteiger partial charge on any atom is -0.495 e. The first-order chi connectivity index (χ1) is 17.9. The highest BCUT2D eigenvalue weighted by Gasteiger charge is 2.11. The summed E-state index contributed by atoms with van der Waals surface area (Å²) in [5.74, 6) is 1.18. The van der Waals surface area contributed by atoms with Crippen molar-refractivity contribution < 1.29 is 14.3 Å². The molecule has 2 heterocycles. The van der Waals surface area contributed by atoms with Gasteiger partial charge < -0.3 is 25.8 Å². The molecule has 3 aromatic rings. The molecule has 0 spiro atoms. The number of nitrogens with one attached hydrogen (secondary N) is 2. The first-order valence-electron chi connectivity index (χ1n) is 11.8. The Kier molecular flexibility index (Phi) is 12.3. The van der Waals surface area contributed by atoms with Crippen LogP contribution in [0.1, 0.15) is 28.5 Å². The van der Waals surface area contributed by atoms with Crippen LogP contribution in [0.4, 0.5) is 11.5 Å². The Bertz CT molecular complexity index is 1250. The predicted molar refractivity (Wildman–Crippen MR) is 149 cm³/mol. The standard InChI is InChI=1S/C19H24N6O2.C8H11ClO/c1-13-11-15(3-4-16(13)19(26)22-7-10-27-9-5-20)24-17-18-23-12-14(2)25(18)8-6-21-17;1-4-6-8(10-3)7(9)5-2/h3-4,6,8,11-12H,5,7,9-10,20H2,1-2H3,(H,21,24)(H,22,26);4-6H,1H2,2-3H3/b;7-5+,8-6+. The number of anilines is 2. The molecule has 4 N–H and O–H groups in total. The number of fused-ring (bicyclic) bond motifs is 1. The monoisotopic (exact) mass is 526 g/mol. The van der Waals surface area contributed by atoms with Crippen LogP contribution in [0.2, 0.25) is 0 Å². The number of allylic oxidation sites excluding steroid dienone is 4. The van der Waals surface area contributed by atoms with Crippen LogP contribution >= 0.6 is 11.6 Å². The molecule has 0 radical (unpaired) electrons. The lowest BCUT2D eigenvalue weighted by Gasteiger charge is -2.11. The van der Waals surface area contributed by atoms with Crippen LogP contribution in [0.5, 0.6) is 0 Å². The maximum atomic E-state index is 12.3. The van der Waals surface area contributed by atoms with E-state index in [4.69, 9.17) is 26.8 Å². The number of carbonyl (C=O) groups excluding carboxylic acids is 1. The normalized spacial score (nSPS) is 11.5. The second-order valence-corrected chi connectivity index (χ2v) is 8.20. The van der Waals surface area contributed by atoms with E-state index in [1.165, 1.54) is 0 Å². The Hall–Kier alpha value is -3.66. The van der Waals surface area contributed by atoms with Gasteiger partial charge in [0, 0.05) is 48.6 Å². The molecule has 0 unspecified atom stereocenters. The van der Waals surface area contributed by atoms with Crippen LogP contribution in [0.25, 0.3) is 5.65 Å². The largest absolute Gasteiger partial charge is 0.495 e. The van der Waals surface area contributed by atoms with E-state index < -0.39 is 0 Å². The third-order valence-electron chi connectivity index (χ3n) is 5.12. The number of hydrogen-bond donors (Lipinski definition) is 3. The fourth-order valence-corrected chi connectivity index (χ4v) is 3.41.